The van der Waals surface area contributed by atoms with Crippen LogP contribution < -0.4 is 5.73 Å². The lowest BCUT2D eigenvalue weighted by Gasteiger charge is -2.21. The van der Waals surface area contributed by atoms with Gasteiger partial charge in [-0.15, -0.1) is 5.10 Å². The van der Waals surface area contributed by atoms with Crippen LogP contribution in [-0.2, 0) is 4.74 Å². The van der Waals surface area contributed by atoms with Crippen molar-refractivity contribution in [1.82, 2.24) is 14.8 Å². The average molecular weight is 212 g/mol. The third-order valence-corrected chi connectivity index (χ3v) is 2.48. The van der Waals surface area contributed by atoms with Crippen LogP contribution in [0.2, 0.25) is 0 Å². The van der Waals surface area contributed by atoms with Crippen LogP contribution in [0.1, 0.15) is 24.7 Å². The molecule has 2 heterocycles. The van der Waals surface area contributed by atoms with Gasteiger partial charge in [-0.3, -0.25) is 0 Å². The van der Waals surface area contributed by atoms with E-state index in [0.717, 1.165) is 26.1 Å². The fourth-order valence-electron chi connectivity index (χ4n) is 1.51. The number of rotatable bonds is 2. The number of aromatic nitrogens is 3. The van der Waals surface area contributed by atoms with Gasteiger partial charge in [0.1, 0.15) is 11.3 Å². The Kier molecular flexibility index (Phi) is 2.74. The van der Waals surface area contributed by atoms with Gasteiger partial charge in [-0.05, 0) is 12.8 Å². The lowest BCUT2D eigenvalue weighted by atomic mass is 10.1. The topological polar surface area (TPSA) is 66.0 Å². The molecule has 0 aliphatic carbocycles. The van der Waals surface area contributed by atoms with Crippen LogP contribution in [0.5, 0.6) is 0 Å². The summed E-state index contributed by atoms with van der Waals surface area (Å²) >= 11 is 4.79. The smallest absolute Gasteiger partial charge is 0.208 e. The van der Waals surface area contributed by atoms with E-state index < -0.39 is 0 Å². The first-order chi connectivity index (χ1) is 6.77. The van der Waals surface area contributed by atoms with Gasteiger partial charge in [0.05, 0.1) is 6.04 Å². The Balaban J connectivity index is 2.11. The minimum absolute atomic E-state index is 0.246. The molecule has 0 spiro atoms. The van der Waals surface area contributed by atoms with Crippen molar-refractivity contribution in [3.8, 4) is 0 Å². The second-order valence-corrected chi connectivity index (χ2v) is 3.70. The molecule has 5 nitrogen and oxygen atoms in total. The molecule has 0 atom stereocenters. The molecule has 0 amide bonds. The zero-order valence-electron chi connectivity index (χ0n) is 7.72. The number of ether oxygens (including phenoxy) is 1. The van der Waals surface area contributed by atoms with Crippen LogP contribution in [0.15, 0.2) is 6.33 Å². The average Bonchev–Trinajstić information content (AvgIpc) is 2.68. The first-order valence-corrected chi connectivity index (χ1v) is 4.97. The van der Waals surface area contributed by atoms with E-state index in [9.17, 15) is 0 Å². The van der Waals surface area contributed by atoms with Crippen molar-refractivity contribution in [1.29, 1.82) is 0 Å². The van der Waals surface area contributed by atoms with Crippen LogP contribution >= 0.6 is 12.2 Å². The van der Waals surface area contributed by atoms with Gasteiger partial charge in [0, 0.05) is 13.2 Å². The Labute approximate surface area is 87.3 Å². The molecule has 1 aliphatic heterocycles. The minimum atomic E-state index is 0.246. The molecule has 2 N–H and O–H groups in total. The number of hydrogen-bond acceptors (Lipinski definition) is 4. The second-order valence-electron chi connectivity index (χ2n) is 3.26. The predicted molar refractivity (Wildman–Crippen MR) is 55.0 cm³/mol. The standard InChI is InChI=1S/C8H12N4OS/c9-7(14)8-10-5-12(11-8)6-1-3-13-4-2-6/h5-6H,1-4H2,(H2,9,14). The van der Waals surface area contributed by atoms with Gasteiger partial charge in [-0.25, -0.2) is 9.67 Å². The SMILES string of the molecule is NC(=S)c1ncn(C2CCOCC2)n1. The largest absolute Gasteiger partial charge is 0.387 e. The Bertz CT molecular complexity index is 332. The molecule has 0 saturated carbocycles. The van der Waals surface area contributed by atoms with E-state index in [0.29, 0.717) is 11.9 Å². The lowest BCUT2D eigenvalue weighted by Crippen LogP contribution is -2.20. The van der Waals surface area contributed by atoms with Gasteiger partial charge >= 0.3 is 0 Å². The third-order valence-electron chi connectivity index (χ3n) is 2.29. The van der Waals surface area contributed by atoms with Gasteiger partial charge < -0.3 is 10.5 Å². The number of hydrogen-bond donors (Lipinski definition) is 1. The highest BCUT2D eigenvalue weighted by molar-refractivity contribution is 7.80. The van der Waals surface area contributed by atoms with Gasteiger partial charge in [0.25, 0.3) is 0 Å². The molecule has 1 aromatic heterocycles. The lowest BCUT2D eigenvalue weighted by molar-refractivity contribution is 0.0661. The maximum atomic E-state index is 5.43. The molecule has 1 fully saturated rings. The van der Waals surface area contributed by atoms with Crippen molar-refractivity contribution >= 4 is 17.2 Å². The summed E-state index contributed by atoms with van der Waals surface area (Å²) < 4.78 is 7.09. The van der Waals surface area contributed by atoms with Gasteiger partial charge in [-0.2, -0.15) is 0 Å². The summed E-state index contributed by atoms with van der Waals surface area (Å²) in [5.74, 6) is 0.450. The number of nitrogens with two attached hydrogens (primary N) is 1. The highest BCUT2D eigenvalue weighted by Crippen LogP contribution is 2.18. The van der Waals surface area contributed by atoms with Crippen LogP contribution in [0.3, 0.4) is 0 Å². The molecule has 0 radical (unpaired) electrons. The Morgan fingerprint density at radius 2 is 2.29 bits per heavy atom. The Hall–Kier alpha value is -1.01. The molecular formula is C8H12N4OS. The Morgan fingerprint density at radius 1 is 1.57 bits per heavy atom. The highest BCUT2D eigenvalue weighted by Gasteiger charge is 2.17. The first kappa shape index (κ1) is 9.54. The van der Waals surface area contributed by atoms with Crippen LogP contribution in [0.25, 0.3) is 0 Å². The summed E-state index contributed by atoms with van der Waals surface area (Å²) in [7, 11) is 0. The van der Waals surface area contributed by atoms with Crippen molar-refractivity contribution in [3.05, 3.63) is 12.2 Å². The van der Waals surface area contributed by atoms with E-state index in [4.69, 9.17) is 22.7 Å². The van der Waals surface area contributed by atoms with E-state index in [1.54, 1.807) is 6.33 Å². The summed E-state index contributed by atoms with van der Waals surface area (Å²) in [6.07, 6.45) is 3.63. The normalized spacial score (nSPS) is 18.3. The maximum absolute atomic E-state index is 5.43. The molecular weight excluding hydrogens is 200 g/mol. The molecule has 14 heavy (non-hydrogen) atoms. The van der Waals surface area contributed by atoms with Crippen molar-refractivity contribution in [3.63, 3.8) is 0 Å². The summed E-state index contributed by atoms with van der Waals surface area (Å²) in [5.41, 5.74) is 5.43. The minimum Gasteiger partial charge on any atom is -0.387 e. The van der Waals surface area contributed by atoms with Crippen LogP contribution in [0, 0.1) is 0 Å². The third kappa shape index (κ3) is 1.91. The molecule has 1 saturated heterocycles. The fourth-order valence-corrected chi connectivity index (χ4v) is 1.61. The van der Waals surface area contributed by atoms with Crippen molar-refractivity contribution < 1.29 is 4.74 Å². The second kappa shape index (κ2) is 4.02. The molecule has 6 heteroatoms. The summed E-state index contributed by atoms with van der Waals surface area (Å²) in [6, 6.07) is 0.374. The first-order valence-electron chi connectivity index (χ1n) is 4.56. The van der Waals surface area contributed by atoms with Crippen molar-refractivity contribution in [2.24, 2.45) is 5.73 Å². The zero-order chi connectivity index (χ0) is 9.97. The molecule has 2 rings (SSSR count). The van der Waals surface area contributed by atoms with Crippen molar-refractivity contribution in [2.45, 2.75) is 18.9 Å². The predicted octanol–water partition coefficient (Wildman–Crippen LogP) is 0.264. The summed E-state index contributed by atoms with van der Waals surface area (Å²) in [5, 5.41) is 4.22. The molecule has 1 aliphatic rings. The highest BCUT2D eigenvalue weighted by atomic mass is 32.1. The molecule has 76 valence electrons. The van der Waals surface area contributed by atoms with Gasteiger partial charge in [0.15, 0.2) is 0 Å². The van der Waals surface area contributed by atoms with Crippen molar-refractivity contribution in [2.75, 3.05) is 13.2 Å². The van der Waals surface area contributed by atoms with E-state index in [1.165, 1.54) is 0 Å². The molecule has 0 aromatic carbocycles. The van der Waals surface area contributed by atoms with E-state index in [1.807, 2.05) is 4.68 Å². The Morgan fingerprint density at radius 3 is 2.86 bits per heavy atom. The number of nitrogens with zero attached hydrogens (tertiary/aromatic N) is 3. The summed E-state index contributed by atoms with van der Waals surface area (Å²) in [4.78, 5) is 4.28. The van der Waals surface area contributed by atoms with E-state index in [2.05, 4.69) is 10.1 Å². The molecule has 0 bridgehead atoms. The van der Waals surface area contributed by atoms with E-state index >= 15 is 0 Å². The maximum Gasteiger partial charge on any atom is 0.208 e. The molecule has 0 unspecified atom stereocenters. The number of thiocarbonyl (C=S) groups is 1. The zero-order valence-corrected chi connectivity index (χ0v) is 8.54. The fraction of sp³-hybridized carbons (Fsp3) is 0.625. The summed E-state index contributed by atoms with van der Waals surface area (Å²) in [6.45, 7) is 1.57. The monoisotopic (exact) mass is 212 g/mol. The van der Waals surface area contributed by atoms with Crippen LogP contribution in [0.4, 0.5) is 0 Å². The van der Waals surface area contributed by atoms with Gasteiger partial charge in [-0.1, -0.05) is 12.2 Å². The molecule has 1 aromatic rings. The quantitative estimate of drug-likeness (QED) is 0.712. The van der Waals surface area contributed by atoms with Gasteiger partial charge in [0.2, 0.25) is 5.82 Å². The van der Waals surface area contributed by atoms with Crippen LogP contribution in [-0.4, -0.2) is 33.0 Å². The van der Waals surface area contributed by atoms with E-state index in [-0.39, 0.29) is 4.99 Å².